The van der Waals surface area contributed by atoms with Crippen molar-refractivity contribution < 1.29 is 17.2 Å². The molecule has 0 saturated carbocycles. The Labute approximate surface area is 125 Å². The lowest BCUT2D eigenvalue weighted by atomic mass is 10.2. The maximum absolute atomic E-state index is 13.7. The summed E-state index contributed by atoms with van der Waals surface area (Å²) in [6.07, 6.45) is 1.25. The molecule has 0 atom stereocenters. The normalized spacial score (nSPS) is 12.1. The van der Waals surface area contributed by atoms with E-state index in [4.69, 9.17) is 10.7 Å². The number of imidazole rings is 1. The molecule has 8 heteroatoms. The summed E-state index contributed by atoms with van der Waals surface area (Å²) < 4.78 is 50.8. The van der Waals surface area contributed by atoms with Gasteiger partial charge in [0.15, 0.2) is 5.03 Å². The van der Waals surface area contributed by atoms with Crippen LogP contribution in [0.3, 0.4) is 0 Å². The topological polar surface area (TPSA) is 52.0 Å². The first-order valence-electron chi connectivity index (χ1n) is 6.14. The molecule has 1 heterocycles. The van der Waals surface area contributed by atoms with Crippen molar-refractivity contribution in [3.05, 3.63) is 47.4 Å². The Bertz CT molecular complexity index is 772. The first-order valence-corrected chi connectivity index (χ1v) is 8.45. The lowest BCUT2D eigenvalue weighted by Gasteiger charge is -2.10. The molecular weight excluding hydrogens is 322 g/mol. The van der Waals surface area contributed by atoms with Crippen LogP contribution < -0.4 is 0 Å². The number of rotatable bonds is 4. The fraction of sp³-hybridized carbons (Fsp3) is 0.308. The molecule has 2 rings (SSSR count). The van der Waals surface area contributed by atoms with Crippen molar-refractivity contribution in [2.75, 3.05) is 0 Å². The van der Waals surface area contributed by atoms with E-state index in [2.05, 4.69) is 4.98 Å². The van der Waals surface area contributed by atoms with Crippen molar-refractivity contribution in [3.63, 3.8) is 0 Å². The van der Waals surface area contributed by atoms with Gasteiger partial charge in [0.25, 0.3) is 9.05 Å². The SMILES string of the molecule is CC(C)c1nc(S(=O)(=O)Cl)cn1Cc1ccc(F)cc1F. The summed E-state index contributed by atoms with van der Waals surface area (Å²) in [5.41, 5.74) is 0.231. The van der Waals surface area contributed by atoms with E-state index in [0.29, 0.717) is 5.82 Å². The molecule has 0 amide bonds. The second-order valence-corrected chi connectivity index (χ2v) is 7.41. The van der Waals surface area contributed by atoms with E-state index in [9.17, 15) is 17.2 Å². The van der Waals surface area contributed by atoms with Crippen LogP contribution in [0.1, 0.15) is 31.2 Å². The third kappa shape index (κ3) is 3.59. The average Bonchev–Trinajstić information content (AvgIpc) is 2.76. The summed E-state index contributed by atoms with van der Waals surface area (Å²) in [4.78, 5) is 3.97. The van der Waals surface area contributed by atoms with E-state index in [1.165, 1.54) is 16.8 Å². The number of halogens is 3. The highest BCUT2D eigenvalue weighted by Gasteiger charge is 2.20. The smallest absolute Gasteiger partial charge is 0.280 e. The summed E-state index contributed by atoms with van der Waals surface area (Å²) >= 11 is 0. The maximum Gasteiger partial charge on any atom is 0.280 e. The van der Waals surface area contributed by atoms with Gasteiger partial charge in [0.1, 0.15) is 17.5 Å². The van der Waals surface area contributed by atoms with E-state index in [-0.39, 0.29) is 23.1 Å². The van der Waals surface area contributed by atoms with Crippen LogP contribution in [0, 0.1) is 11.6 Å². The minimum atomic E-state index is -3.96. The Hall–Kier alpha value is -1.47. The van der Waals surface area contributed by atoms with E-state index in [1.807, 2.05) is 13.8 Å². The zero-order chi connectivity index (χ0) is 15.8. The van der Waals surface area contributed by atoms with Gasteiger partial charge in [-0.1, -0.05) is 19.9 Å². The molecule has 0 saturated heterocycles. The van der Waals surface area contributed by atoms with Crippen LogP contribution in [-0.4, -0.2) is 18.0 Å². The van der Waals surface area contributed by atoms with Gasteiger partial charge in [0.05, 0.1) is 6.54 Å². The van der Waals surface area contributed by atoms with Gasteiger partial charge in [0, 0.05) is 34.4 Å². The summed E-state index contributed by atoms with van der Waals surface area (Å²) in [5, 5.41) is -0.282. The minimum absolute atomic E-state index is 0.0407. The minimum Gasteiger partial charge on any atom is -0.329 e. The maximum atomic E-state index is 13.7. The standard InChI is InChI=1S/C13H13ClF2N2O2S/c1-8(2)13-17-12(21(14,19)20)7-18(13)6-9-3-4-10(15)5-11(9)16/h3-5,7-8H,6H2,1-2H3. The largest absolute Gasteiger partial charge is 0.329 e. The van der Waals surface area contributed by atoms with Crippen LogP contribution >= 0.6 is 10.7 Å². The van der Waals surface area contributed by atoms with E-state index in [1.54, 1.807) is 0 Å². The summed E-state index contributed by atoms with van der Waals surface area (Å²) in [6.45, 7) is 3.69. The molecule has 0 N–H and O–H groups in total. The first-order chi connectivity index (χ1) is 9.68. The predicted octanol–water partition coefficient (Wildman–Crippen LogP) is 3.26. The van der Waals surface area contributed by atoms with E-state index >= 15 is 0 Å². The van der Waals surface area contributed by atoms with Crippen LogP contribution in [0.25, 0.3) is 0 Å². The second kappa shape index (κ2) is 5.73. The Morgan fingerprint density at radius 2 is 2.00 bits per heavy atom. The highest BCUT2D eigenvalue weighted by Crippen LogP contribution is 2.22. The number of hydrogen-bond acceptors (Lipinski definition) is 3. The van der Waals surface area contributed by atoms with Crippen LogP contribution in [0.2, 0.25) is 0 Å². The molecule has 0 spiro atoms. The van der Waals surface area contributed by atoms with Crippen molar-refractivity contribution in [2.45, 2.75) is 31.3 Å². The number of hydrogen-bond donors (Lipinski definition) is 0. The molecule has 114 valence electrons. The lowest BCUT2D eigenvalue weighted by molar-refractivity contribution is 0.561. The lowest BCUT2D eigenvalue weighted by Crippen LogP contribution is -2.07. The molecule has 0 unspecified atom stereocenters. The van der Waals surface area contributed by atoms with Gasteiger partial charge in [-0.3, -0.25) is 0 Å². The summed E-state index contributed by atoms with van der Waals surface area (Å²) in [6, 6.07) is 3.23. The van der Waals surface area contributed by atoms with Crippen molar-refractivity contribution in [1.82, 2.24) is 9.55 Å². The fourth-order valence-corrected chi connectivity index (χ4v) is 2.62. The second-order valence-electron chi connectivity index (χ2n) is 4.89. The predicted molar refractivity (Wildman–Crippen MR) is 74.8 cm³/mol. The molecule has 1 aromatic carbocycles. The Morgan fingerprint density at radius 3 is 2.52 bits per heavy atom. The molecule has 0 aliphatic heterocycles. The van der Waals surface area contributed by atoms with Gasteiger partial charge in [-0.2, -0.15) is 0 Å². The Kier molecular flexibility index (Phi) is 4.34. The third-order valence-corrected chi connectivity index (χ3v) is 4.08. The molecule has 0 radical (unpaired) electrons. The average molecular weight is 335 g/mol. The highest BCUT2D eigenvalue weighted by molar-refractivity contribution is 8.13. The first kappa shape index (κ1) is 15.9. The molecule has 1 aromatic heterocycles. The van der Waals surface area contributed by atoms with Crippen molar-refractivity contribution in [2.24, 2.45) is 0 Å². The molecule has 0 bridgehead atoms. The number of nitrogens with zero attached hydrogens (tertiary/aromatic N) is 2. The number of benzene rings is 1. The molecular formula is C13H13ClF2N2O2S. The summed E-state index contributed by atoms with van der Waals surface area (Å²) in [7, 11) is 1.32. The zero-order valence-electron chi connectivity index (χ0n) is 11.3. The van der Waals surface area contributed by atoms with Gasteiger partial charge < -0.3 is 4.57 Å². The van der Waals surface area contributed by atoms with Gasteiger partial charge >= 0.3 is 0 Å². The monoisotopic (exact) mass is 334 g/mol. The molecule has 0 fully saturated rings. The Morgan fingerprint density at radius 1 is 1.33 bits per heavy atom. The van der Waals surface area contributed by atoms with Crippen LogP contribution in [0.4, 0.5) is 8.78 Å². The van der Waals surface area contributed by atoms with Crippen LogP contribution in [0.15, 0.2) is 29.4 Å². The van der Waals surface area contributed by atoms with Crippen LogP contribution in [-0.2, 0) is 15.6 Å². The van der Waals surface area contributed by atoms with E-state index in [0.717, 1.165) is 12.1 Å². The van der Waals surface area contributed by atoms with Crippen LogP contribution in [0.5, 0.6) is 0 Å². The number of aromatic nitrogens is 2. The Balaban J connectivity index is 2.45. The molecule has 4 nitrogen and oxygen atoms in total. The van der Waals surface area contributed by atoms with Gasteiger partial charge in [-0.25, -0.2) is 22.2 Å². The van der Waals surface area contributed by atoms with Gasteiger partial charge in [-0.05, 0) is 6.07 Å². The van der Waals surface area contributed by atoms with E-state index < -0.39 is 20.7 Å². The molecule has 0 aliphatic carbocycles. The third-order valence-electron chi connectivity index (χ3n) is 2.91. The van der Waals surface area contributed by atoms with Gasteiger partial charge in [-0.15, -0.1) is 0 Å². The summed E-state index contributed by atoms with van der Waals surface area (Å²) in [5.74, 6) is -0.998. The van der Waals surface area contributed by atoms with Crippen molar-refractivity contribution >= 4 is 19.7 Å². The fourth-order valence-electron chi connectivity index (χ4n) is 1.94. The quantitative estimate of drug-likeness (QED) is 0.806. The molecule has 2 aromatic rings. The molecule has 21 heavy (non-hydrogen) atoms. The zero-order valence-corrected chi connectivity index (χ0v) is 12.9. The van der Waals surface area contributed by atoms with Crippen molar-refractivity contribution in [1.29, 1.82) is 0 Å². The van der Waals surface area contributed by atoms with Gasteiger partial charge in [0.2, 0.25) is 0 Å². The molecule has 0 aliphatic rings. The highest BCUT2D eigenvalue weighted by atomic mass is 35.7. The van der Waals surface area contributed by atoms with Crippen molar-refractivity contribution in [3.8, 4) is 0 Å².